The third kappa shape index (κ3) is 18.2. The summed E-state index contributed by atoms with van der Waals surface area (Å²) in [6.45, 7) is 1.46. The maximum atomic E-state index is 10.5. The van der Waals surface area contributed by atoms with Crippen LogP contribution < -0.4 is 9.22 Å². The summed E-state index contributed by atoms with van der Waals surface area (Å²) in [5.74, 6) is -0.143. The number of hydrogen-bond donors (Lipinski definition) is 3. The van der Waals surface area contributed by atoms with Crippen molar-refractivity contribution < 1.29 is 69.9 Å². The third-order valence-corrected chi connectivity index (χ3v) is 6.55. The van der Waals surface area contributed by atoms with E-state index in [1.165, 1.54) is 10.00 Å². The number of rotatable bonds is 2. The zero-order valence-electron chi connectivity index (χ0n) is 9.22. The molecule has 97 valence electrons. The SMILES string of the molecule is CC(=O)[O][Hg][c]1ccccc1.N.O=C(O)O.[Ag]. The van der Waals surface area contributed by atoms with Gasteiger partial charge in [0.2, 0.25) is 0 Å². The first-order chi connectivity index (χ1) is 7.02. The number of hydrogen-bond acceptors (Lipinski definition) is 4. The Morgan fingerprint density at radius 3 is 1.94 bits per heavy atom. The van der Waals surface area contributed by atoms with Gasteiger partial charge in [0.15, 0.2) is 0 Å². The maximum Gasteiger partial charge on any atom is 0.503 e. The van der Waals surface area contributed by atoms with Crippen molar-refractivity contribution in [2.45, 2.75) is 6.92 Å². The molecule has 0 saturated carbocycles. The van der Waals surface area contributed by atoms with Crippen molar-refractivity contribution in [3.63, 3.8) is 0 Å². The summed E-state index contributed by atoms with van der Waals surface area (Å²) in [5.41, 5.74) is 0. The van der Waals surface area contributed by atoms with Gasteiger partial charge in [0.05, 0.1) is 0 Å². The summed E-state index contributed by atoms with van der Waals surface area (Å²) in [4.78, 5) is 19.0. The first-order valence-corrected chi connectivity index (χ1v) is 9.11. The Morgan fingerprint density at radius 2 is 1.59 bits per heavy atom. The molecular weight excluding hydrogens is 511 g/mol. The Hall–Kier alpha value is -0.405. The van der Waals surface area contributed by atoms with E-state index in [4.69, 9.17) is 17.7 Å². The van der Waals surface area contributed by atoms with E-state index in [2.05, 4.69) is 0 Å². The molecule has 0 aromatic heterocycles. The van der Waals surface area contributed by atoms with Gasteiger partial charge in [0, 0.05) is 22.4 Å². The van der Waals surface area contributed by atoms with Gasteiger partial charge in [-0.3, -0.25) is 0 Å². The van der Waals surface area contributed by atoms with Gasteiger partial charge < -0.3 is 16.4 Å². The number of carbonyl (C=O) groups is 2. The van der Waals surface area contributed by atoms with Gasteiger partial charge in [0.25, 0.3) is 0 Å². The average molecular weight is 524 g/mol. The van der Waals surface area contributed by atoms with Crippen LogP contribution in [0.25, 0.3) is 0 Å². The zero-order chi connectivity index (χ0) is 11.7. The van der Waals surface area contributed by atoms with E-state index in [-0.39, 0.29) is 34.5 Å². The van der Waals surface area contributed by atoms with Crippen LogP contribution in [0.4, 0.5) is 4.79 Å². The second-order valence-corrected chi connectivity index (χ2v) is 7.97. The van der Waals surface area contributed by atoms with E-state index >= 15 is 0 Å². The number of carboxylic acid groups (broad SMARTS) is 2. The Bertz CT molecular complexity index is 318. The molecular formula is C9H13AgHgNO5. The molecule has 8 heteroatoms. The molecule has 0 aliphatic carbocycles. The van der Waals surface area contributed by atoms with Crippen LogP contribution in [-0.4, -0.2) is 22.3 Å². The molecule has 5 N–H and O–H groups in total. The molecule has 0 saturated heterocycles. The van der Waals surface area contributed by atoms with Crippen LogP contribution in [-0.2, 0) is 54.9 Å². The van der Waals surface area contributed by atoms with Gasteiger partial charge in [0.1, 0.15) is 0 Å². The van der Waals surface area contributed by atoms with Crippen molar-refractivity contribution >= 4 is 15.2 Å². The molecule has 0 aliphatic heterocycles. The summed E-state index contributed by atoms with van der Waals surface area (Å²) in [6.07, 6.45) is -1.83. The predicted molar refractivity (Wildman–Crippen MR) is 53.5 cm³/mol. The largest absolute Gasteiger partial charge is 0.503 e. The van der Waals surface area contributed by atoms with Crippen LogP contribution in [0.3, 0.4) is 0 Å². The Balaban J connectivity index is -0.000000289. The summed E-state index contributed by atoms with van der Waals surface area (Å²) < 4.78 is 6.25. The van der Waals surface area contributed by atoms with Gasteiger partial charge in [-0.15, -0.1) is 0 Å². The smallest absolute Gasteiger partial charge is 0.450 e. The Labute approximate surface area is 128 Å². The summed E-state index contributed by atoms with van der Waals surface area (Å²) in [6, 6.07) is 9.94. The fourth-order valence-electron chi connectivity index (χ4n) is 0.759. The van der Waals surface area contributed by atoms with Crippen molar-refractivity contribution in [1.29, 1.82) is 0 Å². The van der Waals surface area contributed by atoms with Crippen LogP contribution >= 0.6 is 0 Å². The molecule has 17 heavy (non-hydrogen) atoms. The molecule has 0 amide bonds. The van der Waals surface area contributed by atoms with Crippen LogP contribution in [0.2, 0.25) is 0 Å². The molecule has 1 radical (unpaired) electrons. The maximum absolute atomic E-state index is 10.5. The topological polar surface area (TPSA) is 119 Å². The molecule has 0 bridgehead atoms. The van der Waals surface area contributed by atoms with Gasteiger partial charge in [-0.1, -0.05) is 0 Å². The van der Waals surface area contributed by atoms with E-state index < -0.39 is 31.2 Å². The van der Waals surface area contributed by atoms with Crippen LogP contribution in [0.15, 0.2) is 30.3 Å². The van der Waals surface area contributed by atoms with Gasteiger partial charge in [-0.05, 0) is 0 Å². The quantitative estimate of drug-likeness (QED) is 0.502. The molecule has 1 aromatic carbocycles. The van der Waals surface area contributed by atoms with Crippen molar-refractivity contribution in [2.75, 3.05) is 0 Å². The average Bonchev–Trinajstić information content (AvgIpc) is 2.15. The minimum absolute atomic E-state index is 0. The predicted octanol–water partition coefficient (Wildman–Crippen LogP) is 1.25. The molecule has 6 nitrogen and oxygen atoms in total. The number of benzene rings is 1. The summed E-state index contributed by atoms with van der Waals surface area (Å²) in [7, 11) is 0. The van der Waals surface area contributed by atoms with Crippen molar-refractivity contribution in [1.82, 2.24) is 6.15 Å². The van der Waals surface area contributed by atoms with E-state index in [1.54, 1.807) is 0 Å². The first kappa shape index (κ1) is 21.8. The normalized spacial score (nSPS) is 6.88. The van der Waals surface area contributed by atoms with E-state index in [0.717, 1.165) is 0 Å². The van der Waals surface area contributed by atoms with Crippen LogP contribution in [0, 0.1) is 0 Å². The monoisotopic (exact) mass is 524 g/mol. The third-order valence-electron chi connectivity index (χ3n) is 1.28. The molecule has 0 aliphatic rings. The minimum Gasteiger partial charge on any atom is -0.450 e. The summed E-state index contributed by atoms with van der Waals surface area (Å²) in [5, 5.41) is 13.9. The Kier molecular flexibility index (Phi) is 17.5. The first-order valence-electron chi connectivity index (χ1n) is 4.11. The van der Waals surface area contributed by atoms with Crippen molar-refractivity contribution in [3.8, 4) is 0 Å². The molecule has 0 spiro atoms. The second kappa shape index (κ2) is 13.7. The molecule has 1 aromatic rings. The Morgan fingerprint density at radius 1 is 1.18 bits per heavy atom. The van der Waals surface area contributed by atoms with Gasteiger partial charge in [-0.25, -0.2) is 4.79 Å². The summed E-state index contributed by atoms with van der Waals surface area (Å²) >= 11 is -1.52. The fraction of sp³-hybridized carbons (Fsp3) is 0.111. The van der Waals surface area contributed by atoms with Crippen LogP contribution in [0.1, 0.15) is 6.92 Å². The molecule has 0 heterocycles. The fourth-order valence-corrected chi connectivity index (χ4v) is 4.00. The van der Waals surface area contributed by atoms with Gasteiger partial charge >= 0.3 is 84.9 Å². The minimum atomic E-state index is -1.83. The van der Waals surface area contributed by atoms with Crippen LogP contribution in [0.5, 0.6) is 0 Å². The standard InChI is InChI=1S/C6H5.C2H4O2.CH2O3.Ag.Hg.H3N/c1-2-4-6-5-3-1;1-2(3)4;2-1(3)4;;;/h1-5H;1H3,(H,3,4);(H2,2,3,4);;;1H3/q;;;;+1;/p-1. The van der Waals surface area contributed by atoms with Gasteiger partial charge in [-0.2, -0.15) is 0 Å². The van der Waals surface area contributed by atoms with Crippen molar-refractivity contribution in [2.24, 2.45) is 0 Å². The molecule has 0 atom stereocenters. The molecule has 0 unspecified atom stereocenters. The number of carbonyl (C=O) groups excluding carboxylic acids is 1. The van der Waals surface area contributed by atoms with Crippen molar-refractivity contribution in [3.05, 3.63) is 30.3 Å². The van der Waals surface area contributed by atoms with E-state index in [0.29, 0.717) is 0 Å². The molecule has 0 fully saturated rings. The second-order valence-electron chi connectivity index (χ2n) is 2.55. The van der Waals surface area contributed by atoms with E-state index in [1.807, 2.05) is 30.3 Å². The van der Waals surface area contributed by atoms with E-state index in [9.17, 15) is 4.79 Å². The molecule has 1 rings (SSSR count). The zero-order valence-corrected chi connectivity index (χ0v) is 16.2.